The molecule has 0 amide bonds. The highest BCUT2D eigenvalue weighted by Gasteiger charge is 2.44. The molecule has 0 saturated carbocycles. The molecule has 0 bridgehead atoms. The standard InChI is InChI=1S/C20H30O10/c21-7-12-15(24)17(26)14(23)11(29-12)5-4-9-2-1-3-10(6-9)20-19(28)18(27)16(25)13(8-22)30-20/h1-3,6,11-28H,4-5,7-8H2/t11-,12-,13-,14-,15-,16-,17-,18+,19+,20-/m1/s1. The molecule has 0 aliphatic carbocycles. The summed E-state index contributed by atoms with van der Waals surface area (Å²) >= 11 is 0. The van der Waals surface area contributed by atoms with Crippen LogP contribution in [0.5, 0.6) is 0 Å². The van der Waals surface area contributed by atoms with Crippen LogP contribution in [0.1, 0.15) is 23.7 Å². The maximum absolute atomic E-state index is 10.3. The van der Waals surface area contributed by atoms with Crippen LogP contribution in [-0.4, -0.2) is 109 Å². The van der Waals surface area contributed by atoms with Crippen LogP contribution in [-0.2, 0) is 15.9 Å². The van der Waals surface area contributed by atoms with Crippen molar-refractivity contribution in [2.45, 2.75) is 73.9 Å². The number of aliphatic hydroxyl groups is 8. The predicted molar refractivity (Wildman–Crippen MR) is 101 cm³/mol. The molecule has 10 atom stereocenters. The van der Waals surface area contributed by atoms with Crippen LogP contribution < -0.4 is 0 Å². The van der Waals surface area contributed by atoms with Gasteiger partial charge in [-0.2, -0.15) is 0 Å². The second-order valence-corrected chi connectivity index (χ2v) is 7.90. The fourth-order valence-electron chi connectivity index (χ4n) is 4.03. The lowest BCUT2D eigenvalue weighted by Gasteiger charge is -2.40. The molecule has 8 N–H and O–H groups in total. The van der Waals surface area contributed by atoms with E-state index in [1.54, 1.807) is 24.3 Å². The second-order valence-electron chi connectivity index (χ2n) is 7.90. The summed E-state index contributed by atoms with van der Waals surface area (Å²) in [5, 5.41) is 78.8. The molecule has 170 valence electrons. The van der Waals surface area contributed by atoms with Crippen molar-refractivity contribution in [1.82, 2.24) is 0 Å². The van der Waals surface area contributed by atoms with E-state index in [1.807, 2.05) is 0 Å². The summed E-state index contributed by atoms with van der Waals surface area (Å²) < 4.78 is 11.1. The summed E-state index contributed by atoms with van der Waals surface area (Å²) in [6.07, 6.45) is -11.5. The first-order valence-electron chi connectivity index (χ1n) is 9.98. The summed E-state index contributed by atoms with van der Waals surface area (Å²) in [4.78, 5) is 0. The van der Waals surface area contributed by atoms with E-state index < -0.39 is 74.3 Å². The van der Waals surface area contributed by atoms with E-state index in [1.165, 1.54) is 0 Å². The van der Waals surface area contributed by atoms with E-state index >= 15 is 0 Å². The zero-order valence-electron chi connectivity index (χ0n) is 16.3. The molecule has 2 fully saturated rings. The van der Waals surface area contributed by atoms with Gasteiger partial charge in [0.15, 0.2) is 0 Å². The zero-order chi connectivity index (χ0) is 22.0. The van der Waals surface area contributed by atoms with Crippen LogP contribution in [0.25, 0.3) is 0 Å². The van der Waals surface area contributed by atoms with Gasteiger partial charge in [-0.25, -0.2) is 0 Å². The Morgan fingerprint density at radius 2 is 1.23 bits per heavy atom. The Labute approximate surface area is 173 Å². The van der Waals surface area contributed by atoms with E-state index in [0.29, 0.717) is 18.4 Å². The third kappa shape index (κ3) is 4.68. The average Bonchev–Trinajstić information content (AvgIpc) is 2.76. The minimum atomic E-state index is -1.47. The van der Waals surface area contributed by atoms with Crippen molar-refractivity contribution in [1.29, 1.82) is 0 Å². The van der Waals surface area contributed by atoms with Crippen molar-refractivity contribution in [2.24, 2.45) is 0 Å². The van der Waals surface area contributed by atoms with Gasteiger partial charge in [0.05, 0.1) is 19.3 Å². The lowest BCUT2D eigenvalue weighted by atomic mass is 9.89. The number of rotatable bonds is 6. The molecule has 1 aromatic carbocycles. The minimum Gasteiger partial charge on any atom is -0.394 e. The Balaban J connectivity index is 1.68. The highest BCUT2D eigenvalue weighted by Crippen LogP contribution is 2.33. The summed E-state index contributed by atoms with van der Waals surface area (Å²) in [5.41, 5.74) is 1.33. The molecule has 2 aliphatic rings. The fraction of sp³-hybridized carbons (Fsp3) is 0.700. The monoisotopic (exact) mass is 430 g/mol. The number of benzene rings is 1. The van der Waals surface area contributed by atoms with Gasteiger partial charge in [-0.1, -0.05) is 24.3 Å². The molecule has 0 spiro atoms. The van der Waals surface area contributed by atoms with Crippen molar-refractivity contribution < 1.29 is 50.3 Å². The van der Waals surface area contributed by atoms with Gasteiger partial charge in [-0.3, -0.25) is 0 Å². The predicted octanol–water partition coefficient (Wildman–Crippen LogP) is -3.02. The molecule has 30 heavy (non-hydrogen) atoms. The van der Waals surface area contributed by atoms with E-state index in [9.17, 15) is 40.9 Å². The maximum Gasteiger partial charge on any atom is 0.113 e. The molecule has 3 rings (SSSR count). The fourth-order valence-corrected chi connectivity index (χ4v) is 4.03. The average molecular weight is 430 g/mol. The molecule has 2 saturated heterocycles. The summed E-state index contributed by atoms with van der Waals surface area (Å²) in [6, 6.07) is 6.94. The van der Waals surface area contributed by atoms with Gasteiger partial charge < -0.3 is 50.3 Å². The Kier molecular flexibility index (Phi) is 7.80. The van der Waals surface area contributed by atoms with Gasteiger partial charge in [-0.05, 0) is 24.0 Å². The van der Waals surface area contributed by atoms with Crippen LogP contribution in [0.15, 0.2) is 24.3 Å². The summed E-state index contributed by atoms with van der Waals surface area (Å²) in [5.74, 6) is 0. The Bertz CT molecular complexity index is 683. The zero-order valence-corrected chi connectivity index (χ0v) is 16.3. The van der Waals surface area contributed by atoms with Gasteiger partial charge in [-0.15, -0.1) is 0 Å². The van der Waals surface area contributed by atoms with Crippen LogP contribution >= 0.6 is 0 Å². The van der Waals surface area contributed by atoms with Crippen LogP contribution in [0.3, 0.4) is 0 Å². The first-order valence-corrected chi connectivity index (χ1v) is 9.98. The molecule has 0 unspecified atom stereocenters. The number of ether oxygens (including phenoxy) is 2. The summed E-state index contributed by atoms with van der Waals surface area (Å²) in [6.45, 7) is -1.01. The third-order valence-electron chi connectivity index (χ3n) is 5.88. The van der Waals surface area contributed by atoms with Crippen molar-refractivity contribution in [2.75, 3.05) is 13.2 Å². The van der Waals surface area contributed by atoms with E-state index in [2.05, 4.69) is 0 Å². The molecular weight excluding hydrogens is 400 g/mol. The minimum absolute atomic E-state index is 0.291. The highest BCUT2D eigenvalue weighted by molar-refractivity contribution is 5.27. The smallest absolute Gasteiger partial charge is 0.113 e. The van der Waals surface area contributed by atoms with Crippen molar-refractivity contribution in [3.63, 3.8) is 0 Å². The molecule has 2 aliphatic heterocycles. The molecular formula is C20H30O10. The second kappa shape index (κ2) is 9.96. The van der Waals surface area contributed by atoms with Gasteiger partial charge in [0.25, 0.3) is 0 Å². The van der Waals surface area contributed by atoms with Gasteiger partial charge in [0.2, 0.25) is 0 Å². The van der Waals surface area contributed by atoms with Gasteiger partial charge in [0, 0.05) is 0 Å². The molecule has 2 heterocycles. The number of aryl methyl sites for hydroxylation is 1. The molecule has 0 aromatic heterocycles. The van der Waals surface area contributed by atoms with E-state index in [4.69, 9.17) is 9.47 Å². The number of hydrogen-bond acceptors (Lipinski definition) is 10. The molecule has 1 aromatic rings. The molecule has 0 radical (unpaired) electrons. The lowest BCUT2D eigenvalue weighted by Crippen LogP contribution is -2.58. The van der Waals surface area contributed by atoms with Crippen molar-refractivity contribution in [3.05, 3.63) is 35.4 Å². The van der Waals surface area contributed by atoms with Crippen LogP contribution in [0, 0.1) is 0 Å². The topological polar surface area (TPSA) is 180 Å². The van der Waals surface area contributed by atoms with E-state index in [-0.39, 0.29) is 0 Å². The summed E-state index contributed by atoms with van der Waals surface area (Å²) in [7, 11) is 0. The van der Waals surface area contributed by atoms with E-state index in [0.717, 1.165) is 5.56 Å². The molecule has 10 nitrogen and oxygen atoms in total. The van der Waals surface area contributed by atoms with Crippen LogP contribution in [0.4, 0.5) is 0 Å². The molecule has 10 heteroatoms. The first kappa shape index (κ1) is 23.5. The number of hydrogen-bond donors (Lipinski definition) is 8. The normalized spacial score (nSPS) is 42.3. The Morgan fingerprint density at radius 3 is 1.87 bits per heavy atom. The maximum atomic E-state index is 10.3. The number of aliphatic hydroxyl groups excluding tert-OH is 8. The van der Waals surface area contributed by atoms with Crippen LogP contribution in [0.2, 0.25) is 0 Å². The SMILES string of the molecule is OC[C@H]1O[C@H](CCc2cccc([C@H]3O[C@H](CO)[C@@H](O)[C@H](O)[C@@H]3O)c2)[C@@H](O)[C@@H](O)[C@@H]1O. The highest BCUT2D eigenvalue weighted by atomic mass is 16.6. The van der Waals surface area contributed by atoms with Crippen molar-refractivity contribution in [3.8, 4) is 0 Å². The Hall–Kier alpha value is -1.18. The largest absolute Gasteiger partial charge is 0.394 e. The van der Waals surface area contributed by atoms with Crippen molar-refractivity contribution >= 4 is 0 Å². The quantitative estimate of drug-likeness (QED) is 0.231. The van der Waals surface area contributed by atoms with Gasteiger partial charge >= 0.3 is 0 Å². The third-order valence-corrected chi connectivity index (χ3v) is 5.88. The Morgan fingerprint density at radius 1 is 0.667 bits per heavy atom. The van der Waals surface area contributed by atoms with Gasteiger partial charge in [0.1, 0.15) is 54.9 Å². The lowest BCUT2D eigenvalue weighted by molar-refractivity contribution is -0.231. The first-order chi connectivity index (χ1) is 14.3.